The lowest BCUT2D eigenvalue weighted by molar-refractivity contribution is 0.100. The third-order valence-corrected chi connectivity index (χ3v) is 4.61. The molecule has 26 heavy (non-hydrogen) atoms. The average molecular weight is 413 g/mol. The Hall–Kier alpha value is -2.93. The van der Waals surface area contributed by atoms with Crippen molar-refractivity contribution in [3.8, 4) is 17.0 Å². The zero-order valence-corrected chi connectivity index (χ0v) is 15.9. The van der Waals surface area contributed by atoms with Crippen LogP contribution >= 0.6 is 15.9 Å². The molecule has 0 atom stereocenters. The fourth-order valence-electron chi connectivity index (χ4n) is 2.79. The third kappa shape index (κ3) is 3.25. The number of halogens is 1. The molecule has 0 bridgehead atoms. The molecule has 4 N–H and O–H groups in total. The van der Waals surface area contributed by atoms with Crippen LogP contribution in [0.15, 0.2) is 51.9 Å². The highest BCUT2D eigenvalue weighted by atomic mass is 79.9. The van der Waals surface area contributed by atoms with Crippen LogP contribution in [-0.2, 0) is 0 Å². The number of methoxy groups -OCH3 is 1. The van der Waals surface area contributed by atoms with Gasteiger partial charge in [0.15, 0.2) is 5.96 Å². The first-order valence-electron chi connectivity index (χ1n) is 7.79. The molecule has 7 heteroatoms. The Balaban J connectivity index is 2.41. The fraction of sp³-hybridized carbons (Fsp3) is 0.105. The first-order chi connectivity index (χ1) is 12.4. The molecule has 0 radical (unpaired) electrons. The molecule has 0 aliphatic carbocycles. The van der Waals surface area contributed by atoms with Crippen LogP contribution in [-0.4, -0.2) is 24.0 Å². The molecule has 3 rings (SSSR count). The Bertz CT molecular complexity index is 1040. The van der Waals surface area contributed by atoms with Crippen LogP contribution in [0.4, 0.5) is 0 Å². The monoisotopic (exact) mass is 412 g/mol. The number of ether oxygens (including phenoxy) is 1. The molecule has 0 fully saturated rings. The average Bonchev–Trinajstić information content (AvgIpc) is 2.61. The van der Waals surface area contributed by atoms with E-state index in [9.17, 15) is 4.79 Å². The van der Waals surface area contributed by atoms with Crippen LogP contribution in [0.25, 0.3) is 22.2 Å². The second-order valence-corrected chi connectivity index (χ2v) is 6.54. The van der Waals surface area contributed by atoms with Crippen LogP contribution < -0.4 is 16.2 Å². The number of aryl methyl sites for hydroxylation is 1. The summed E-state index contributed by atoms with van der Waals surface area (Å²) in [5.41, 5.74) is 14.3. The molecule has 0 aliphatic heterocycles. The van der Waals surface area contributed by atoms with Gasteiger partial charge in [-0.1, -0.05) is 24.3 Å². The predicted octanol–water partition coefficient (Wildman–Crippen LogP) is 3.39. The summed E-state index contributed by atoms with van der Waals surface area (Å²) in [6.07, 6.45) is 0. The van der Waals surface area contributed by atoms with Gasteiger partial charge in [-0.15, -0.1) is 0 Å². The quantitative estimate of drug-likeness (QED) is 0.506. The van der Waals surface area contributed by atoms with Crippen molar-refractivity contribution in [3.63, 3.8) is 0 Å². The number of nitrogens with zero attached hydrogens (tertiary/aromatic N) is 2. The lowest BCUT2D eigenvalue weighted by atomic mass is 10.0. The number of amides is 1. The number of aromatic nitrogens is 1. The molecule has 0 unspecified atom stereocenters. The zero-order chi connectivity index (χ0) is 18.8. The minimum Gasteiger partial charge on any atom is -0.496 e. The zero-order valence-electron chi connectivity index (χ0n) is 14.3. The minimum atomic E-state index is -0.552. The second-order valence-electron chi connectivity index (χ2n) is 5.69. The molecular weight excluding hydrogens is 396 g/mol. The molecule has 132 valence electrons. The van der Waals surface area contributed by atoms with Gasteiger partial charge in [-0.2, -0.15) is 4.99 Å². The van der Waals surface area contributed by atoms with Crippen molar-refractivity contribution in [2.45, 2.75) is 6.92 Å². The van der Waals surface area contributed by atoms with E-state index in [1.165, 1.54) is 7.11 Å². The number of carbonyl (C=O) groups excluding carboxylic acids is 1. The Labute approximate surface area is 159 Å². The molecule has 1 heterocycles. The van der Waals surface area contributed by atoms with Gasteiger partial charge in [0.25, 0.3) is 5.91 Å². The first-order valence-corrected chi connectivity index (χ1v) is 8.59. The van der Waals surface area contributed by atoms with Gasteiger partial charge in [-0.05, 0) is 46.6 Å². The van der Waals surface area contributed by atoms with E-state index in [4.69, 9.17) is 21.2 Å². The Morgan fingerprint density at radius 2 is 1.92 bits per heavy atom. The fourth-order valence-corrected chi connectivity index (χ4v) is 3.21. The summed E-state index contributed by atoms with van der Waals surface area (Å²) in [5.74, 6) is -0.337. The van der Waals surface area contributed by atoms with Crippen LogP contribution in [0.1, 0.15) is 15.9 Å². The van der Waals surface area contributed by atoms with Gasteiger partial charge in [0.05, 0.1) is 29.3 Å². The number of fused-ring (bicyclic) bond motifs is 1. The van der Waals surface area contributed by atoms with Crippen LogP contribution in [0.3, 0.4) is 0 Å². The van der Waals surface area contributed by atoms with Crippen molar-refractivity contribution >= 4 is 38.7 Å². The normalized spacial score (nSPS) is 10.6. The first kappa shape index (κ1) is 17.9. The molecule has 0 saturated heterocycles. The van der Waals surface area contributed by atoms with Crippen molar-refractivity contribution in [2.24, 2.45) is 16.5 Å². The smallest absolute Gasteiger partial charge is 0.281 e. The maximum absolute atomic E-state index is 12.7. The van der Waals surface area contributed by atoms with Crippen LogP contribution in [0, 0.1) is 6.92 Å². The minimum absolute atomic E-state index is 0.300. The van der Waals surface area contributed by atoms with E-state index in [1.807, 2.05) is 37.3 Å². The molecule has 6 nitrogen and oxygen atoms in total. The number of aliphatic imine (C=N–C) groups is 1. The van der Waals surface area contributed by atoms with Crippen LogP contribution in [0.5, 0.6) is 5.75 Å². The topological polar surface area (TPSA) is 104 Å². The predicted molar refractivity (Wildman–Crippen MR) is 106 cm³/mol. The molecule has 0 aliphatic rings. The van der Waals surface area contributed by atoms with E-state index in [-0.39, 0.29) is 5.96 Å². The van der Waals surface area contributed by atoms with Crippen molar-refractivity contribution in [1.82, 2.24) is 4.98 Å². The highest BCUT2D eigenvalue weighted by molar-refractivity contribution is 9.10. The van der Waals surface area contributed by atoms with Gasteiger partial charge in [-0.3, -0.25) is 4.79 Å². The van der Waals surface area contributed by atoms with Gasteiger partial charge < -0.3 is 16.2 Å². The molecule has 1 amide bonds. The number of pyridine rings is 1. The molecule has 0 saturated carbocycles. The second kappa shape index (κ2) is 7.13. The van der Waals surface area contributed by atoms with Gasteiger partial charge in [0, 0.05) is 10.0 Å². The summed E-state index contributed by atoms with van der Waals surface area (Å²) < 4.78 is 6.16. The Morgan fingerprint density at radius 3 is 2.58 bits per heavy atom. The van der Waals surface area contributed by atoms with Crippen molar-refractivity contribution in [1.29, 1.82) is 0 Å². The highest BCUT2D eigenvalue weighted by Crippen LogP contribution is 2.36. The van der Waals surface area contributed by atoms with Gasteiger partial charge >= 0.3 is 0 Å². The molecular formula is C19H17BrN4O2. The largest absolute Gasteiger partial charge is 0.496 e. The molecule has 2 aromatic carbocycles. The van der Waals surface area contributed by atoms with Gasteiger partial charge in [-0.25, -0.2) is 4.98 Å². The number of benzene rings is 2. The molecule has 0 spiro atoms. The summed E-state index contributed by atoms with van der Waals surface area (Å²) in [7, 11) is 1.53. The number of carbonyl (C=O) groups is 1. The summed E-state index contributed by atoms with van der Waals surface area (Å²) in [4.78, 5) is 21.1. The van der Waals surface area contributed by atoms with Gasteiger partial charge in [0.2, 0.25) is 0 Å². The number of hydrogen-bond acceptors (Lipinski definition) is 3. The SMILES string of the molecule is COc1ccc(Br)c2nc(-c3ccccc3C)cc(C(=O)N=C(N)N)c12. The third-order valence-electron chi connectivity index (χ3n) is 3.98. The van der Waals surface area contributed by atoms with E-state index in [0.717, 1.165) is 15.6 Å². The maximum Gasteiger partial charge on any atom is 0.281 e. The van der Waals surface area contributed by atoms with E-state index in [1.54, 1.807) is 12.1 Å². The Kier molecular flexibility index (Phi) is 4.90. The summed E-state index contributed by atoms with van der Waals surface area (Å²) in [6.45, 7) is 1.99. The molecule has 1 aromatic heterocycles. The highest BCUT2D eigenvalue weighted by Gasteiger charge is 2.19. The maximum atomic E-state index is 12.7. The van der Waals surface area contributed by atoms with Crippen molar-refractivity contribution in [2.75, 3.05) is 7.11 Å². The summed E-state index contributed by atoms with van der Waals surface area (Å²) in [5, 5.41) is 0.550. The Morgan fingerprint density at radius 1 is 1.19 bits per heavy atom. The van der Waals surface area contributed by atoms with E-state index in [2.05, 4.69) is 20.9 Å². The number of nitrogens with two attached hydrogens (primary N) is 2. The summed E-state index contributed by atoms with van der Waals surface area (Å²) in [6, 6.07) is 13.1. The van der Waals surface area contributed by atoms with Crippen molar-refractivity contribution < 1.29 is 9.53 Å². The van der Waals surface area contributed by atoms with Crippen molar-refractivity contribution in [3.05, 3.63) is 58.1 Å². The van der Waals surface area contributed by atoms with E-state index in [0.29, 0.717) is 27.9 Å². The van der Waals surface area contributed by atoms with E-state index < -0.39 is 5.91 Å². The van der Waals surface area contributed by atoms with Gasteiger partial charge in [0.1, 0.15) is 5.75 Å². The number of rotatable bonds is 3. The lowest BCUT2D eigenvalue weighted by Gasteiger charge is -2.13. The van der Waals surface area contributed by atoms with Crippen LogP contribution in [0.2, 0.25) is 0 Å². The standard InChI is InChI=1S/C19H17BrN4O2/c1-10-5-3-4-6-11(10)14-9-12(18(25)24-19(21)22)16-15(26-2)8-7-13(20)17(16)23-14/h3-9H,1-2H3,(H4,21,22,24,25). The lowest BCUT2D eigenvalue weighted by Crippen LogP contribution is -2.24. The van der Waals surface area contributed by atoms with E-state index >= 15 is 0 Å². The number of hydrogen-bond donors (Lipinski definition) is 2. The summed E-state index contributed by atoms with van der Waals surface area (Å²) >= 11 is 3.51. The molecule has 3 aromatic rings. The number of guanidine groups is 1.